The second-order valence-electron chi connectivity index (χ2n) is 8.22. The summed E-state index contributed by atoms with van der Waals surface area (Å²) in [4.78, 5) is 12.9. The Morgan fingerprint density at radius 3 is 2.32 bits per heavy atom. The minimum Gasteiger partial charge on any atom is -0.346 e. The minimum absolute atomic E-state index is 0.103. The van der Waals surface area contributed by atoms with Crippen molar-refractivity contribution in [2.24, 2.45) is 0 Å². The van der Waals surface area contributed by atoms with Gasteiger partial charge in [-0.3, -0.25) is 9.48 Å². The zero-order valence-corrected chi connectivity index (χ0v) is 18.0. The molecule has 5 heteroatoms. The predicted molar refractivity (Wildman–Crippen MR) is 122 cm³/mol. The smallest absolute Gasteiger partial charge is 0.251 e. The van der Waals surface area contributed by atoms with Crippen LogP contribution in [0.4, 0.5) is 4.39 Å². The zero-order valence-electron chi connectivity index (χ0n) is 18.0. The van der Waals surface area contributed by atoms with Crippen LogP contribution in [-0.4, -0.2) is 15.7 Å². The van der Waals surface area contributed by atoms with Crippen LogP contribution in [0.5, 0.6) is 0 Å². The number of hydrogen-bond donors (Lipinski definition) is 1. The fourth-order valence-corrected chi connectivity index (χ4v) is 3.63. The van der Waals surface area contributed by atoms with E-state index in [0.29, 0.717) is 18.0 Å². The third kappa shape index (κ3) is 4.66. The number of rotatable bonds is 6. The van der Waals surface area contributed by atoms with Crippen LogP contribution in [0.15, 0.2) is 72.9 Å². The summed E-state index contributed by atoms with van der Waals surface area (Å²) in [5.74, 6) is 0.0864. The summed E-state index contributed by atoms with van der Waals surface area (Å²) in [6, 6.07) is 20.2. The van der Waals surface area contributed by atoms with Gasteiger partial charge in [-0.05, 0) is 53.8 Å². The Hall–Kier alpha value is -3.47. The molecule has 4 rings (SSSR count). The van der Waals surface area contributed by atoms with Crippen molar-refractivity contribution in [1.82, 2.24) is 15.1 Å². The molecule has 1 aromatic heterocycles. The van der Waals surface area contributed by atoms with E-state index in [1.807, 2.05) is 29.8 Å². The van der Waals surface area contributed by atoms with E-state index in [1.54, 1.807) is 18.3 Å². The Balaban J connectivity index is 1.52. The molecule has 4 nitrogen and oxygen atoms in total. The molecule has 1 heterocycles. The lowest BCUT2D eigenvalue weighted by atomic mass is 9.99. The molecule has 0 aliphatic heterocycles. The highest BCUT2D eigenvalue weighted by Crippen LogP contribution is 2.21. The van der Waals surface area contributed by atoms with Gasteiger partial charge in [0.2, 0.25) is 0 Å². The highest BCUT2D eigenvalue weighted by molar-refractivity contribution is 5.98. The predicted octanol–water partition coefficient (Wildman–Crippen LogP) is 5.84. The number of benzene rings is 3. The maximum atomic E-state index is 13.2. The summed E-state index contributed by atoms with van der Waals surface area (Å²) < 4.78 is 15.0. The molecule has 0 fully saturated rings. The maximum absolute atomic E-state index is 13.2. The number of fused-ring (bicyclic) bond motifs is 1. The van der Waals surface area contributed by atoms with Gasteiger partial charge in [-0.15, -0.1) is 0 Å². The molecule has 1 atom stereocenters. The molecule has 0 saturated heterocycles. The summed E-state index contributed by atoms with van der Waals surface area (Å²) in [7, 11) is 0. The summed E-state index contributed by atoms with van der Waals surface area (Å²) in [6.07, 6.45) is 1.78. The summed E-state index contributed by atoms with van der Waals surface area (Å²) in [5.41, 5.74) is 4.74. The summed E-state index contributed by atoms with van der Waals surface area (Å²) in [5, 5.41) is 8.47. The zero-order chi connectivity index (χ0) is 22.0. The Morgan fingerprint density at radius 2 is 1.65 bits per heavy atom. The molecular weight excluding hydrogens is 389 g/mol. The number of hydrogen-bond acceptors (Lipinski definition) is 2. The Labute approximate surface area is 181 Å². The van der Waals surface area contributed by atoms with E-state index in [1.165, 1.54) is 17.7 Å². The molecule has 0 bridgehead atoms. The number of aromatic nitrogens is 2. The van der Waals surface area contributed by atoms with Gasteiger partial charge in [0.15, 0.2) is 0 Å². The Bertz CT molecular complexity index is 1190. The van der Waals surface area contributed by atoms with E-state index in [9.17, 15) is 9.18 Å². The van der Waals surface area contributed by atoms with Gasteiger partial charge in [0.25, 0.3) is 5.91 Å². The van der Waals surface area contributed by atoms with Crippen molar-refractivity contribution in [1.29, 1.82) is 0 Å². The largest absolute Gasteiger partial charge is 0.346 e. The van der Waals surface area contributed by atoms with Crippen molar-refractivity contribution in [3.8, 4) is 0 Å². The second kappa shape index (κ2) is 8.72. The SMILES string of the molecule is CC(C)c1ccc([C@H](C)NC(=O)c2ccc3cnn(Cc4ccc(F)cc4)c3c2)cc1. The number of nitrogens with zero attached hydrogens (tertiary/aromatic N) is 2. The van der Waals surface area contributed by atoms with Crippen molar-refractivity contribution in [3.05, 3.63) is 101 Å². The minimum atomic E-state index is -0.263. The molecule has 4 aromatic rings. The molecular formula is C26H26FN3O. The number of halogens is 1. The number of nitrogens with one attached hydrogen (secondary N) is 1. The van der Waals surface area contributed by atoms with E-state index in [-0.39, 0.29) is 17.8 Å². The molecule has 0 radical (unpaired) electrons. The first-order chi connectivity index (χ1) is 14.9. The standard InChI is InChI=1S/C26H26FN3O/c1-17(2)20-6-8-21(9-7-20)18(3)29-26(31)22-10-11-23-15-28-30(25(23)14-22)16-19-4-12-24(27)13-5-19/h4-15,17-18H,16H2,1-3H3,(H,29,31)/t18-/m0/s1. The average Bonchev–Trinajstić information content (AvgIpc) is 3.17. The van der Waals surface area contributed by atoms with Crippen LogP contribution >= 0.6 is 0 Å². The normalized spacial score (nSPS) is 12.3. The monoisotopic (exact) mass is 415 g/mol. The fraction of sp³-hybridized carbons (Fsp3) is 0.231. The number of amides is 1. The van der Waals surface area contributed by atoms with Gasteiger partial charge in [-0.1, -0.05) is 56.3 Å². The maximum Gasteiger partial charge on any atom is 0.251 e. The first-order valence-corrected chi connectivity index (χ1v) is 10.5. The van der Waals surface area contributed by atoms with E-state index < -0.39 is 0 Å². The van der Waals surface area contributed by atoms with E-state index in [4.69, 9.17) is 0 Å². The van der Waals surface area contributed by atoms with Crippen molar-refractivity contribution in [3.63, 3.8) is 0 Å². The van der Waals surface area contributed by atoms with E-state index in [0.717, 1.165) is 22.0 Å². The van der Waals surface area contributed by atoms with Gasteiger partial charge >= 0.3 is 0 Å². The molecule has 0 aliphatic rings. The fourth-order valence-electron chi connectivity index (χ4n) is 3.63. The molecule has 0 spiro atoms. The van der Waals surface area contributed by atoms with Crippen molar-refractivity contribution in [2.75, 3.05) is 0 Å². The van der Waals surface area contributed by atoms with E-state index in [2.05, 4.69) is 48.5 Å². The Kier molecular flexibility index (Phi) is 5.85. The molecule has 1 N–H and O–H groups in total. The molecule has 0 saturated carbocycles. The lowest BCUT2D eigenvalue weighted by Gasteiger charge is -2.16. The molecule has 3 aromatic carbocycles. The van der Waals surface area contributed by atoms with Gasteiger partial charge in [0, 0.05) is 10.9 Å². The molecule has 0 aliphatic carbocycles. The van der Waals surface area contributed by atoms with Crippen LogP contribution in [0, 0.1) is 5.82 Å². The van der Waals surface area contributed by atoms with Crippen LogP contribution in [0.25, 0.3) is 10.9 Å². The van der Waals surface area contributed by atoms with Crippen molar-refractivity contribution in [2.45, 2.75) is 39.3 Å². The molecule has 1 amide bonds. The van der Waals surface area contributed by atoms with Gasteiger partial charge in [0.05, 0.1) is 24.3 Å². The summed E-state index contributed by atoms with van der Waals surface area (Å²) >= 11 is 0. The lowest BCUT2D eigenvalue weighted by molar-refractivity contribution is 0.0940. The van der Waals surface area contributed by atoms with Crippen LogP contribution in [0.2, 0.25) is 0 Å². The van der Waals surface area contributed by atoms with Crippen LogP contribution < -0.4 is 5.32 Å². The highest BCUT2D eigenvalue weighted by Gasteiger charge is 2.14. The molecule has 158 valence electrons. The van der Waals surface area contributed by atoms with Crippen LogP contribution in [0.3, 0.4) is 0 Å². The topological polar surface area (TPSA) is 46.9 Å². The van der Waals surface area contributed by atoms with Crippen LogP contribution in [0.1, 0.15) is 59.8 Å². The highest BCUT2D eigenvalue weighted by atomic mass is 19.1. The molecule has 31 heavy (non-hydrogen) atoms. The quantitative estimate of drug-likeness (QED) is 0.430. The Morgan fingerprint density at radius 1 is 0.968 bits per heavy atom. The van der Waals surface area contributed by atoms with Gasteiger partial charge < -0.3 is 5.32 Å². The third-order valence-electron chi connectivity index (χ3n) is 5.60. The van der Waals surface area contributed by atoms with Crippen molar-refractivity contribution < 1.29 is 9.18 Å². The first kappa shape index (κ1) is 20.8. The number of carbonyl (C=O) groups excluding carboxylic acids is 1. The number of carbonyl (C=O) groups is 1. The second-order valence-corrected chi connectivity index (χ2v) is 8.22. The lowest BCUT2D eigenvalue weighted by Crippen LogP contribution is -2.26. The third-order valence-corrected chi connectivity index (χ3v) is 5.60. The molecule has 0 unspecified atom stereocenters. The van der Waals surface area contributed by atoms with Gasteiger partial charge in [0.1, 0.15) is 5.82 Å². The average molecular weight is 416 g/mol. The van der Waals surface area contributed by atoms with Gasteiger partial charge in [-0.2, -0.15) is 5.10 Å². The summed E-state index contributed by atoms with van der Waals surface area (Å²) in [6.45, 7) is 6.82. The van der Waals surface area contributed by atoms with Gasteiger partial charge in [-0.25, -0.2) is 4.39 Å². The van der Waals surface area contributed by atoms with E-state index >= 15 is 0 Å². The van der Waals surface area contributed by atoms with Crippen LogP contribution in [-0.2, 0) is 6.54 Å². The van der Waals surface area contributed by atoms with Crippen molar-refractivity contribution >= 4 is 16.8 Å². The first-order valence-electron chi connectivity index (χ1n) is 10.5.